The van der Waals surface area contributed by atoms with Crippen molar-refractivity contribution in [2.45, 2.75) is 41.5 Å². The number of rotatable bonds is 12. The summed E-state index contributed by atoms with van der Waals surface area (Å²) in [6.45, 7) is 13.0. The fraction of sp³-hybridized carbons (Fsp3) is 0.192. The number of para-hydroxylation sites is 3. The Bertz CT molecular complexity index is 4260. The van der Waals surface area contributed by atoms with Crippen molar-refractivity contribution in [3.8, 4) is 17.1 Å². The van der Waals surface area contributed by atoms with E-state index in [4.69, 9.17) is 19.2 Å². The first kappa shape index (κ1) is 66.5. The summed E-state index contributed by atoms with van der Waals surface area (Å²) in [6.07, 6.45) is 13.3. The second kappa shape index (κ2) is 28.9. The van der Waals surface area contributed by atoms with Gasteiger partial charge in [-0.2, -0.15) is 21.5 Å². The normalized spacial score (nSPS) is 11.5. The molecule has 14 heteroatoms. The van der Waals surface area contributed by atoms with Crippen LogP contribution in [0.15, 0.2) is 200 Å². The zero-order chi connectivity index (χ0) is 66.1. The van der Waals surface area contributed by atoms with E-state index >= 15 is 0 Å². The van der Waals surface area contributed by atoms with Crippen molar-refractivity contribution < 1.29 is 32.9 Å². The quantitative estimate of drug-likeness (QED) is 0.0882. The Morgan fingerprint density at radius 1 is 0.337 bits per heavy atom. The van der Waals surface area contributed by atoms with E-state index in [-0.39, 0.29) is 0 Å². The van der Waals surface area contributed by atoms with Crippen molar-refractivity contribution in [2.24, 2.45) is 21.1 Å². The Morgan fingerprint density at radius 3 is 0.804 bits per heavy atom. The van der Waals surface area contributed by atoms with Crippen LogP contribution in [0.2, 0.25) is 0 Å². The molecule has 0 radical (unpaired) electrons. The molecule has 0 atom stereocenters. The molecule has 0 spiro atoms. The molecular weight excluding hydrogens is 1160 g/mol. The van der Waals surface area contributed by atoms with E-state index in [1.165, 1.54) is 135 Å². The van der Waals surface area contributed by atoms with Crippen molar-refractivity contribution in [2.75, 3.05) is 57.0 Å². The number of hydrogen-bond donors (Lipinski definition) is 0. The van der Waals surface area contributed by atoms with Crippen LogP contribution < -0.4 is 43.1 Å². The van der Waals surface area contributed by atoms with Gasteiger partial charge in [-0.25, -0.2) is 0 Å². The van der Waals surface area contributed by atoms with Crippen LogP contribution in [0.25, 0.3) is 86.2 Å². The first-order valence-corrected chi connectivity index (χ1v) is 32.1. The largest absolute Gasteiger partial charge is 0.822 e. The molecule has 0 unspecified atom stereocenters. The molecule has 6 heterocycles. The summed E-state index contributed by atoms with van der Waals surface area (Å²) in [7, 11) is 13.4. The molecule has 0 aliphatic heterocycles. The Hall–Kier alpha value is -9.88. The smallest absolute Gasteiger partial charge is 0.212 e. The van der Waals surface area contributed by atoms with Crippen molar-refractivity contribution in [1.82, 2.24) is 13.7 Å². The monoisotopic (exact) mass is 1240 g/mol. The van der Waals surface area contributed by atoms with Crippen LogP contribution >= 0.6 is 7.82 Å². The van der Waals surface area contributed by atoms with Crippen molar-refractivity contribution in [3.63, 3.8) is 0 Å². The minimum atomic E-state index is -5.39. The summed E-state index contributed by atoms with van der Waals surface area (Å²) in [5.41, 5.74) is 25.7. The lowest BCUT2D eigenvalue weighted by molar-refractivity contribution is -0.646. The fourth-order valence-corrected chi connectivity index (χ4v) is 11.9. The highest BCUT2D eigenvalue weighted by atomic mass is 31.2. The highest BCUT2D eigenvalue weighted by Gasteiger charge is 2.17. The number of fused-ring (bicyclic) bond motifs is 3. The maximum absolute atomic E-state index is 8.55. The molecule has 0 amide bonds. The lowest BCUT2D eigenvalue weighted by atomic mass is 10.1. The minimum absolute atomic E-state index is 1.18. The first-order valence-electron chi connectivity index (χ1n) is 30.7. The second-order valence-electron chi connectivity index (χ2n) is 23.8. The third-order valence-electron chi connectivity index (χ3n) is 16.9. The predicted molar refractivity (Wildman–Crippen MR) is 378 cm³/mol. The van der Waals surface area contributed by atoms with E-state index in [1.54, 1.807) is 0 Å². The Balaban J connectivity index is 0.000000157. The summed E-state index contributed by atoms with van der Waals surface area (Å²) >= 11 is 0. The topological polar surface area (TPSA) is 122 Å². The molecule has 0 saturated heterocycles. The molecule has 0 N–H and O–H groups in total. The van der Waals surface area contributed by atoms with Gasteiger partial charge in [-0.1, -0.05) is 54.6 Å². The van der Waals surface area contributed by atoms with Crippen LogP contribution in [-0.2, 0) is 25.7 Å². The van der Waals surface area contributed by atoms with Crippen molar-refractivity contribution >= 4 is 94.0 Å². The van der Waals surface area contributed by atoms with Gasteiger partial charge in [0.05, 0.1) is 0 Å². The summed E-state index contributed by atoms with van der Waals surface area (Å²) in [6, 6.07) is 71.3. The second-order valence-corrected chi connectivity index (χ2v) is 24.7. The van der Waals surface area contributed by atoms with Gasteiger partial charge in [-0.15, -0.1) is 0 Å². The van der Waals surface area contributed by atoms with Crippen LogP contribution in [0, 0.1) is 41.5 Å². The number of pyridine rings is 3. The molecule has 0 aliphatic rings. The fourth-order valence-electron chi connectivity index (χ4n) is 11.9. The molecule has 0 fully saturated rings. The van der Waals surface area contributed by atoms with Crippen LogP contribution in [0.5, 0.6) is 0 Å². The van der Waals surface area contributed by atoms with Crippen LogP contribution in [0.1, 0.15) is 67.9 Å². The number of aryl methyl sites for hydroxylation is 6. The lowest BCUT2D eigenvalue weighted by Gasteiger charge is -2.36. The van der Waals surface area contributed by atoms with Crippen LogP contribution in [-0.4, -0.2) is 56.0 Å². The van der Waals surface area contributed by atoms with Crippen molar-refractivity contribution in [1.29, 1.82) is 0 Å². The maximum atomic E-state index is 8.55. The minimum Gasteiger partial charge on any atom is -0.822 e. The summed E-state index contributed by atoms with van der Waals surface area (Å²) in [5.74, 6) is 0. The number of phosphoric acid groups is 1. The molecule has 6 aromatic heterocycles. The number of hydrogen-bond acceptors (Lipinski definition) is 7. The first-order chi connectivity index (χ1) is 43.9. The predicted octanol–water partition coefficient (Wildman–Crippen LogP) is 13.1. The number of anilines is 3. The Morgan fingerprint density at radius 2 is 0.576 bits per heavy atom. The Kier molecular flexibility index (Phi) is 20.9. The molecule has 470 valence electrons. The molecule has 0 bridgehead atoms. The molecule has 12 rings (SSSR count). The SMILES string of the molecule is Cc1cc(C=Cc2ccc3cc(N(C)C)ccc3[n+]2C)c(C)n1-c1ccccc1.Cc1cc(C=Cc2ccc3cc(N(C)C)ccc3[n+]2C)c(C)n1-c1ccccc1.Cc1cc(C=Cc2ccc3cc(N(C)C)ccc3[n+]2C)c(C)n1-c1ccccc1.O=P([O-])([O-])[O-]. The van der Waals surface area contributed by atoms with Crippen molar-refractivity contribution in [3.05, 3.63) is 268 Å². The average Bonchev–Trinajstić information content (AvgIpc) is 1.30. The highest BCUT2D eigenvalue weighted by Crippen LogP contribution is 2.28. The van der Waals surface area contributed by atoms with Gasteiger partial charge < -0.3 is 47.6 Å². The molecule has 92 heavy (non-hydrogen) atoms. The average molecular weight is 1240 g/mol. The zero-order valence-electron chi connectivity index (χ0n) is 55.6. The van der Waals surface area contributed by atoms with E-state index < -0.39 is 7.82 Å². The Labute approximate surface area is 542 Å². The van der Waals surface area contributed by atoms with Gasteiger partial charge in [0.25, 0.3) is 0 Å². The van der Waals surface area contributed by atoms with E-state index in [1.807, 2.05) is 0 Å². The van der Waals surface area contributed by atoms with E-state index in [2.05, 4.69) is 384 Å². The summed E-state index contributed by atoms with van der Waals surface area (Å²) in [4.78, 5) is 32.0. The molecular formula is C78H84N9O4P. The van der Waals surface area contributed by atoms with Crippen LogP contribution in [0.4, 0.5) is 17.1 Å². The molecule has 13 nitrogen and oxygen atoms in total. The van der Waals surface area contributed by atoms with Gasteiger partial charge >= 0.3 is 0 Å². The van der Waals surface area contributed by atoms with Gasteiger partial charge in [0.15, 0.2) is 0 Å². The van der Waals surface area contributed by atoms with E-state index in [0.29, 0.717) is 0 Å². The van der Waals surface area contributed by atoms with E-state index in [0.717, 1.165) is 0 Å². The van der Waals surface area contributed by atoms with Crippen LogP contribution in [0.3, 0.4) is 0 Å². The van der Waals surface area contributed by atoms with Gasteiger partial charge in [-0.3, -0.25) is 0 Å². The third kappa shape index (κ3) is 15.6. The molecule has 6 aromatic carbocycles. The van der Waals surface area contributed by atoms with Gasteiger partial charge in [-0.05, 0) is 186 Å². The third-order valence-corrected chi connectivity index (χ3v) is 16.9. The molecule has 0 saturated carbocycles. The highest BCUT2D eigenvalue weighted by molar-refractivity contribution is 7.40. The molecule has 12 aromatic rings. The summed E-state index contributed by atoms with van der Waals surface area (Å²) < 4.78 is 22.2. The van der Waals surface area contributed by atoms with E-state index in [9.17, 15) is 0 Å². The van der Waals surface area contributed by atoms with Gasteiger partial charge in [0.1, 0.15) is 21.1 Å². The maximum Gasteiger partial charge on any atom is 0.212 e. The van der Waals surface area contributed by atoms with Gasteiger partial charge in [0, 0.05) is 181 Å². The van der Waals surface area contributed by atoms with Gasteiger partial charge in [0.2, 0.25) is 33.6 Å². The number of benzene rings is 6. The number of nitrogens with zero attached hydrogens (tertiary/aromatic N) is 9. The molecule has 0 aliphatic carbocycles. The number of aromatic nitrogens is 6. The zero-order valence-corrected chi connectivity index (χ0v) is 56.5. The lowest BCUT2D eigenvalue weighted by Crippen LogP contribution is -2.32. The standard InChI is InChI=1S/3C26H28N3.H3O4P/c3*1-19-17-21(20(2)29(19)24-9-7-6-8-10-24)11-13-23-14-12-22-18-25(27(3)4)15-16-26(22)28(23)5;1-5(2,3)4/h3*6-18H,1-5H3;(H3,1,2,3,4)/q3*+1;/p-3. The summed E-state index contributed by atoms with van der Waals surface area (Å²) in [5, 5.41) is 3.74.